The van der Waals surface area contributed by atoms with Gasteiger partial charge in [0.2, 0.25) is 5.91 Å². The molecule has 0 aromatic heterocycles. The Balaban J connectivity index is 1.90. The van der Waals surface area contributed by atoms with Gasteiger partial charge in [0.15, 0.2) is 0 Å². The molecule has 1 aromatic rings. The molecule has 1 saturated carbocycles. The van der Waals surface area contributed by atoms with Crippen molar-refractivity contribution in [3.63, 3.8) is 0 Å². The quantitative estimate of drug-likeness (QED) is 0.908. The average Bonchev–Trinajstić information content (AvgIpc) is 2.78. The van der Waals surface area contributed by atoms with Crippen molar-refractivity contribution in [1.29, 1.82) is 0 Å². The van der Waals surface area contributed by atoms with Gasteiger partial charge in [-0.15, -0.1) is 0 Å². The maximum absolute atomic E-state index is 12.8. The molecule has 1 aliphatic carbocycles. The smallest absolute Gasteiger partial charge is 0.225 e. The topological polar surface area (TPSA) is 40.5 Å². The molecule has 0 heterocycles. The third-order valence-corrected chi connectivity index (χ3v) is 3.77. The summed E-state index contributed by atoms with van der Waals surface area (Å²) in [4.78, 5) is 13.7. The molecule has 0 radical (unpaired) electrons. The Morgan fingerprint density at radius 3 is 2.47 bits per heavy atom. The van der Waals surface area contributed by atoms with Crippen molar-refractivity contribution in [2.75, 3.05) is 7.05 Å². The van der Waals surface area contributed by atoms with Crippen LogP contribution >= 0.6 is 0 Å². The van der Waals surface area contributed by atoms with Gasteiger partial charge in [-0.25, -0.2) is 4.39 Å². The van der Waals surface area contributed by atoms with E-state index in [1.165, 1.54) is 12.1 Å². The maximum Gasteiger partial charge on any atom is 0.225 e. The van der Waals surface area contributed by atoms with Gasteiger partial charge in [-0.2, -0.15) is 0 Å². The minimum absolute atomic E-state index is 0.0614. The SMILES string of the molecule is CN(Cc1ccc(F)cc1)C(=O)CC1(O)CCCC1. The van der Waals surface area contributed by atoms with E-state index in [0.717, 1.165) is 18.4 Å². The zero-order chi connectivity index (χ0) is 13.9. The summed E-state index contributed by atoms with van der Waals surface area (Å²) in [5.41, 5.74) is 0.0735. The Morgan fingerprint density at radius 1 is 1.32 bits per heavy atom. The second-order valence-electron chi connectivity index (χ2n) is 5.48. The van der Waals surface area contributed by atoms with Gasteiger partial charge in [-0.3, -0.25) is 4.79 Å². The lowest BCUT2D eigenvalue weighted by Gasteiger charge is -2.25. The standard InChI is InChI=1S/C15H20FNO2/c1-17(11-12-4-6-13(16)7-5-12)14(18)10-15(19)8-2-3-9-15/h4-7,19H,2-3,8-11H2,1H3. The lowest BCUT2D eigenvalue weighted by Crippen LogP contribution is -2.35. The van der Waals surface area contributed by atoms with E-state index in [1.807, 2.05) is 0 Å². The maximum atomic E-state index is 12.8. The molecule has 0 aliphatic heterocycles. The summed E-state index contributed by atoms with van der Waals surface area (Å²) < 4.78 is 12.8. The number of carbonyl (C=O) groups excluding carboxylic acids is 1. The predicted octanol–water partition coefficient (Wildman–Crippen LogP) is 2.48. The Bertz CT molecular complexity index is 438. The van der Waals surface area contributed by atoms with Crippen LogP contribution in [0.2, 0.25) is 0 Å². The van der Waals surface area contributed by atoms with Gasteiger partial charge in [0, 0.05) is 13.6 Å². The second-order valence-corrected chi connectivity index (χ2v) is 5.48. The van der Waals surface area contributed by atoms with Gasteiger partial charge in [0.25, 0.3) is 0 Å². The van der Waals surface area contributed by atoms with E-state index < -0.39 is 5.60 Å². The van der Waals surface area contributed by atoms with Crippen LogP contribution in [0.4, 0.5) is 4.39 Å². The number of halogens is 1. The van der Waals surface area contributed by atoms with Crippen LogP contribution in [0.25, 0.3) is 0 Å². The summed E-state index contributed by atoms with van der Waals surface area (Å²) in [5, 5.41) is 10.2. The van der Waals surface area contributed by atoms with Gasteiger partial charge in [0.05, 0.1) is 12.0 Å². The van der Waals surface area contributed by atoms with Crippen molar-refractivity contribution in [3.8, 4) is 0 Å². The van der Waals surface area contributed by atoms with Crippen LogP contribution in [0.5, 0.6) is 0 Å². The van der Waals surface area contributed by atoms with Gasteiger partial charge in [0.1, 0.15) is 5.82 Å². The Kier molecular flexibility index (Phi) is 4.20. The summed E-state index contributed by atoms with van der Waals surface area (Å²) in [7, 11) is 1.71. The predicted molar refractivity (Wildman–Crippen MR) is 70.9 cm³/mol. The second kappa shape index (κ2) is 5.70. The minimum atomic E-state index is -0.811. The van der Waals surface area contributed by atoms with Crippen molar-refractivity contribution in [2.24, 2.45) is 0 Å². The zero-order valence-corrected chi connectivity index (χ0v) is 11.2. The molecule has 0 unspecified atom stereocenters. The van der Waals surface area contributed by atoms with Crippen LogP contribution in [0.3, 0.4) is 0 Å². The molecule has 1 aromatic carbocycles. The van der Waals surface area contributed by atoms with Crippen molar-refractivity contribution in [2.45, 2.75) is 44.2 Å². The number of carbonyl (C=O) groups is 1. The molecule has 0 spiro atoms. The van der Waals surface area contributed by atoms with Gasteiger partial charge < -0.3 is 10.0 Å². The van der Waals surface area contributed by atoms with Crippen LogP contribution in [0, 0.1) is 5.82 Å². The molecule has 0 atom stereocenters. The third kappa shape index (κ3) is 3.77. The number of amides is 1. The lowest BCUT2D eigenvalue weighted by atomic mass is 9.97. The first kappa shape index (κ1) is 14.0. The highest BCUT2D eigenvalue weighted by molar-refractivity contribution is 5.77. The monoisotopic (exact) mass is 265 g/mol. The van der Waals surface area contributed by atoms with Crippen molar-refractivity contribution in [3.05, 3.63) is 35.6 Å². The zero-order valence-electron chi connectivity index (χ0n) is 11.2. The van der Waals surface area contributed by atoms with Crippen molar-refractivity contribution in [1.82, 2.24) is 4.90 Å². The first-order valence-electron chi connectivity index (χ1n) is 6.69. The molecule has 1 aliphatic rings. The molecule has 2 rings (SSSR count). The number of nitrogens with zero attached hydrogens (tertiary/aromatic N) is 1. The van der Waals surface area contributed by atoms with E-state index in [1.54, 1.807) is 24.1 Å². The fourth-order valence-electron chi connectivity index (χ4n) is 2.58. The highest BCUT2D eigenvalue weighted by Crippen LogP contribution is 2.32. The molecule has 3 nitrogen and oxygen atoms in total. The van der Waals surface area contributed by atoms with E-state index >= 15 is 0 Å². The summed E-state index contributed by atoms with van der Waals surface area (Å²) in [5.74, 6) is -0.341. The largest absolute Gasteiger partial charge is 0.389 e. The fraction of sp³-hybridized carbons (Fsp3) is 0.533. The minimum Gasteiger partial charge on any atom is -0.389 e. The van der Waals surface area contributed by atoms with Crippen molar-refractivity contribution >= 4 is 5.91 Å². The third-order valence-electron chi connectivity index (χ3n) is 3.77. The molecule has 1 amide bonds. The number of hydrogen-bond donors (Lipinski definition) is 1. The van der Waals surface area contributed by atoms with Crippen LogP contribution in [-0.4, -0.2) is 28.6 Å². The average molecular weight is 265 g/mol. The summed E-state index contributed by atoms with van der Waals surface area (Å²) in [6.07, 6.45) is 3.59. The number of rotatable bonds is 4. The van der Waals surface area contributed by atoms with Crippen LogP contribution in [0.1, 0.15) is 37.7 Å². The summed E-state index contributed by atoms with van der Waals surface area (Å²) >= 11 is 0. The first-order valence-corrected chi connectivity index (χ1v) is 6.69. The summed E-state index contributed by atoms with van der Waals surface area (Å²) in [6, 6.07) is 6.11. The van der Waals surface area contributed by atoms with Crippen LogP contribution in [0.15, 0.2) is 24.3 Å². The Hall–Kier alpha value is -1.42. The molecule has 0 saturated heterocycles. The molecule has 0 bridgehead atoms. The normalized spacial score (nSPS) is 17.4. The van der Waals surface area contributed by atoms with Gasteiger partial charge in [-0.05, 0) is 30.5 Å². The number of hydrogen-bond acceptors (Lipinski definition) is 2. The van der Waals surface area contributed by atoms with E-state index in [2.05, 4.69) is 0 Å². The Morgan fingerprint density at radius 2 is 1.89 bits per heavy atom. The van der Waals surface area contributed by atoms with E-state index in [-0.39, 0.29) is 18.1 Å². The molecule has 1 N–H and O–H groups in total. The fourth-order valence-corrected chi connectivity index (χ4v) is 2.58. The van der Waals surface area contributed by atoms with Crippen LogP contribution in [-0.2, 0) is 11.3 Å². The van der Waals surface area contributed by atoms with E-state index in [4.69, 9.17) is 0 Å². The van der Waals surface area contributed by atoms with Gasteiger partial charge >= 0.3 is 0 Å². The molecule has 4 heteroatoms. The van der Waals surface area contributed by atoms with Crippen LogP contribution < -0.4 is 0 Å². The van der Waals surface area contributed by atoms with Crippen molar-refractivity contribution < 1.29 is 14.3 Å². The molecule has 19 heavy (non-hydrogen) atoms. The van der Waals surface area contributed by atoms with E-state index in [0.29, 0.717) is 19.4 Å². The lowest BCUT2D eigenvalue weighted by molar-refractivity contribution is -0.135. The molecule has 104 valence electrons. The highest BCUT2D eigenvalue weighted by Gasteiger charge is 2.34. The van der Waals surface area contributed by atoms with Gasteiger partial charge in [-0.1, -0.05) is 25.0 Å². The Labute approximate surface area is 113 Å². The summed E-state index contributed by atoms with van der Waals surface area (Å²) in [6.45, 7) is 0.440. The molecule has 1 fully saturated rings. The number of aliphatic hydroxyl groups is 1. The number of benzene rings is 1. The van der Waals surface area contributed by atoms with E-state index in [9.17, 15) is 14.3 Å². The molecular weight excluding hydrogens is 245 g/mol. The first-order chi connectivity index (χ1) is 8.98. The molecular formula is C15H20FNO2. The highest BCUT2D eigenvalue weighted by atomic mass is 19.1.